The summed E-state index contributed by atoms with van der Waals surface area (Å²) >= 11 is 0. The van der Waals surface area contributed by atoms with Crippen molar-refractivity contribution in [2.45, 2.75) is 13.8 Å². The largest absolute Gasteiger partial charge is 0.372 e. The summed E-state index contributed by atoms with van der Waals surface area (Å²) in [6.45, 7) is 6.19. The minimum atomic E-state index is -0.283. The van der Waals surface area contributed by atoms with Crippen LogP contribution in [0.15, 0.2) is 60.0 Å². The molecule has 2 aromatic carbocycles. The van der Waals surface area contributed by atoms with Gasteiger partial charge in [0.1, 0.15) is 6.33 Å². The summed E-state index contributed by atoms with van der Waals surface area (Å²) in [6, 6.07) is 15.0. The SMILES string of the molecule is CCN(CC)c1ccc(C=NNC(=O)c2ccc(-n3cnnn3)cc2)cc1. The van der Waals surface area contributed by atoms with Crippen LogP contribution in [0.25, 0.3) is 5.69 Å². The third-order valence-corrected chi connectivity index (χ3v) is 4.14. The van der Waals surface area contributed by atoms with Crippen LogP contribution in [0.2, 0.25) is 0 Å². The predicted molar refractivity (Wildman–Crippen MR) is 104 cm³/mol. The molecule has 0 aliphatic rings. The number of anilines is 1. The van der Waals surface area contributed by atoms with Gasteiger partial charge in [0.15, 0.2) is 0 Å². The van der Waals surface area contributed by atoms with Gasteiger partial charge in [-0.15, -0.1) is 5.10 Å². The van der Waals surface area contributed by atoms with Gasteiger partial charge >= 0.3 is 0 Å². The van der Waals surface area contributed by atoms with Gasteiger partial charge in [-0.1, -0.05) is 12.1 Å². The van der Waals surface area contributed by atoms with Crippen molar-refractivity contribution in [1.29, 1.82) is 0 Å². The highest BCUT2D eigenvalue weighted by Gasteiger charge is 2.05. The molecule has 0 saturated carbocycles. The minimum Gasteiger partial charge on any atom is -0.372 e. The van der Waals surface area contributed by atoms with E-state index in [1.165, 1.54) is 16.7 Å². The summed E-state index contributed by atoms with van der Waals surface area (Å²) in [6.07, 6.45) is 3.12. The number of aromatic nitrogens is 4. The van der Waals surface area contributed by atoms with E-state index in [-0.39, 0.29) is 5.91 Å². The Morgan fingerprint density at radius 3 is 2.41 bits per heavy atom. The zero-order chi connectivity index (χ0) is 19.1. The molecule has 0 atom stereocenters. The van der Waals surface area contributed by atoms with Crippen LogP contribution < -0.4 is 10.3 Å². The molecule has 0 bridgehead atoms. The molecule has 8 nitrogen and oxygen atoms in total. The molecule has 0 radical (unpaired) electrons. The number of tetrazole rings is 1. The molecule has 3 rings (SSSR count). The molecule has 0 fully saturated rings. The summed E-state index contributed by atoms with van der Waals surface area (Å²) in [5.74, 6) is -0.283. The first-order chi connectivity index (χ1) is 13.2. The molecule has 27 heavy (non-hydrogen) atoms. The molecule has 8 heteroatoms. The lowest BCUT2D eigenvalue weighted by Crippen LogP contribution is -2.21. The van der Waals surface area contributed by atoms with Gasteiger partial charge in [-0.2, -0.15) is 5.10 Å². The molecule has 0 aliphatic heterocycles. The van der Waals surface area contributed by atoms with Gasteiger partial charge in [0.25, 0.3) is 5.91 Å². The second-order valence-corrected chi connectivity index (χ2v) is 5.76. The molecular formula is C19H21N7O. The smallest absolute Gasteiger partial charge is 0.271 e. The Morgan fingerprint density at radius 1 is 1.11 bits per heavy atom. The topological polar surface area (TPSA) is 88.3 Å². The van der Waals surface area contributed by atoms with Crippen LogP contribution in [0.1, 0.15) is 29.8 Å². The molecule has 0 spiro atoms. The Kier molecular flexibility index (Phi) is 5.88. The molecule has 1 N–H and O–H groups in total. The lowest BCUT2D eigenvalue weighted by atomic mass is 10.2. The highest BCUT2D eigenvalue weighted by atomic mass is 16.2. The van der Waals surface area contributed by atoms with Crippen LogP contribution in [-0.4, -0.2) is 45.4 Å². The first kappa shape index (κ1) is 18.2. The van der Waals surface area contributed by atoms with E-state index in [1.54, 1.807) is 30.5 Å². The molecule has 138 valence electrons. The van der Waals surface area contributed by atoms with Crippen LogP contribution in [0.5, 0.6) is 0 Å². The van der Waals surface area contributed by atoms with Gasteiger partial charge in [-0.3, -0.25) is 4.79 Å². The lowest BCUT2D eigenvalue weighted by Gasteiger charge is -2.20. The highest BCUT2D eigenvalue weighted by Crippen LogP contribution is 2.14. The molecule has 1 heterocycles. The maximum atomic E-state index is 12.2. The molecule has 0 aliphatic carbocycles. The van der Waals surface area contributed by atoms with Crippen LogP contribution in [-0.2, 0) is 0 Å². The number of carbonyl (C=O) groups excluding carboxylic acids is 1. The second-order valence-electron chi connectivity index (χ2n) is 5.76. The molecule has 3 aromatic rings. The van der Waals surface area contributed by atoms with Crippen molar-refractivity contribution in [3.05, 3.63) is 66.0 Å². The average molecular weight is 363 g/mol. The van der Waals surface area contributed by atoms with Crippen LogP contribution >= 0.6 is 0 Å². The summed E-state index contributed by atoms with van der Waals surface area (Å²) in [5.41, 5.74) is 5.89. The highest BCUT2D eigenvalue weighted by molar-refractivity contribution is 5.95. The Bertz CT molecular complexity index is 883. The van der Waals surface area contributed by atoms with Crippen LogP contribution in [0.3, 0.4) is 0 Å². The van der Waals surface area contributed by atoms with Gasteiger partial charge in [-0.25, -0.2) is 10.1 Å². The van der Waals surface area contributed by atoms with E-state index in [2.05, 4.69) is 44.8 Å². The first-order valence-electron chi connectivity index (χ1n) is 8.73. The van der Waals surface area contributed by atoms with Crippen molar-refractivity contribution < 1.29 is 4.79 Å². The fraction of sp³-hybridized carbons (Fsp3) is 0.211. The maximum absolute atomic E-state index is 12.2. The average Bonchev–Trinajstić information content (AvgIpc) is 3.25. The monoisotopic (exact) mass is 363 g/mol. The molecular weight excluding hydrogens is 342 g/mol. The maximum Gasteiger partial charge on any atom is 0.271 e. The Morgan fingerprint density at radius 2 is 1.81 bits per heavy atom. The normalized spacial score (nSPS) is 10.9. The van der Waals surface area contributed by atoms with Gasteiger partial charge in [0.2, 0.25) is 0 Å². The number of nitrogens with zero attached hydrogens (tertiary/aromatic N) is 6. The Balaban J connectivity index is 1.58. The van der Waals surface area contributed by atoms with Crippen molar-refractivity contribution in [2.24, 2.45) is 5.10 Å². The molecule has 0 saturated heterocycles. The number of benzene rings is 2. The van der Waals surface area contributed by atoms with E-state index in [9.17, 15) is 4.79 Å². The summed E-state index contributed by atoms with van der Waals surface area (Å²) in [4.78, 5) is 14.4. The fourth-order valence-corrected chi connectivity index (χ4v) is 2.64. The van der Waals surface area contributed by atoms with Crippen molar-refractivity contribution in [3.63, 3.8) is 0 Å². The lowest BCUT2D eigenvalue weighted by molar-refractivity contribution is 0.0955. The van der Waals surface area contributed by atoms with E-state index in [1.807, 2.05) is 24.3 Å². The second kappa shape index (κ2) is 8.70. The van der Waals surface area contributed by atoms with E-state index in [0.717, 1.165) is 24.3 Å². The number of rotatable bonds is 7. The van der Waals surface area contributed by atoms with Gasteiger partial charge in [0.05, 0.1) is 11.9 Å². The quantitative estimate of drug-likeness (QED) is 0.514. The number of hydrazone groups is 1. The molecule has 1 aromatic heterocycles. The Hall–Kier alpha value is -3.55. The van der Waals surface area contributed by atoms with Crippen molar-refractivity contribution in [2.75, 3.05) is 18.0 Å². The van der Waals surface area contributed by atoms with E-state index >= 15 is 0 Å². The number of hydrogen-bond acceptors (Lipinski definition) is 6. The number of amides is 1. The van der Waals surface area contributed by atoms with Gasteiger partial charge < -0.3 is 4.90 Å². The van der Waals surface area contributed by atoms with Crippen LogP contribution in [0, 0.1) is 0 Å². The number of nitrogens with one attached hydrogen (secondary N) is 1. The van der Waals surface area contributed by atoms with Gasteiger partial charge in [0, 0.05) is 24.3 Å². The van der Waals surface area contributed by atoms with Gasteiger partial charge in [-0.05, 0) is 66.2 Å². The zero-order valence-corrected chi connectivity index (χ0v) is 15.3. The standard InChI is InChI=1S/C19H21N7O/c1-3-25(4-2)17-9-5-15(6-10-17)13-20-22-19(27)16-7-11-18(12-8-16)26-14-21-23-24-26/h5-14H,3-4H2,1-2H3,(H,22,27). The zero-order valence-electron chi connectivity index (χ0n) is 15.3. The predicted octanol–water partition coefficient (Wildman–Crippen LogP) is 2.27. The molecule has 1 amide bonds. The van der Waals surface area contributed by atoms with E-state index < -0.39 is 0 Å². The van der Waals surface area contributed by atoms with Crippen molar-refractivity contribution in [1.82, 2.24) is 25.6 Å². The fourth-order valence-electron chi connectivity index (χ4n) is 2.64. The van der Waals surface area contributed by atoms with Crippen LogP contribution in [0.4, 0.5) is 5.69 Å². The van der Waals surface area contributed by atoms with E-state index in [0.29, 0.717) is 5.56 Å². The first-order valence-corrected chi connectivity index (χ1v) is 8.73. The number of hydrogen-bond donors (Lipinski definition) is 1. The molecule has 0 unspecified atom stereocenters. The summed E-state index contributed by atoms with van der Waals surface area (Å²) in [7, 11) is 0. The summed E-state index contributed by atoms with van der Waals surface area (Å²) < 4.78 is 1.52. The third-order valence-electron chi connectivity index (χ3n) is 4.14. The number of carbonyl (C=O) groups is 1. The van der Waals surface area contributed by atoms with Crippen molar-refractivity contribution in [3.8, 4) is 5.69 Å². The third kappa shape index (κ3) is 4.55. The van der Waals surface area contributed by atoms with E-state index in [4.69, 9.17) is 0 Å². The van der Waals surface area contributed by atoms with Crippen molar-refractivity contribution >= 4 is 17.8 Å². The summed E-state index contributed by atoms with van der Waals surface area (Å²) in [5, 5.41) is 15.0. The minimum absolute atomic E-state index is 0.283. The Labute approximate surface area is 157 Å².